The molecule has 6 heteroatoms. The van der Waals surface area contributed by atoms with Gasteiger partial charge in [0, 0.05) is 0 Å². The van der Waals surface area contributed by atoms with Crippen LogP contribution in [0.5, 0.6) is 0 Å². The number of hydrogen-bond donors (Lipinski definition) is 5. The second-order valence-corrected chi connectivity index (χ2v) is 24.9. The van der Waals surface area contributed by atoms with Gasteiger partial charge in [-0.05, 0) is 51.4 Å². The van der Waals surface area contributed by atoms with Crippen LogP contribution in [-0.4, -0.2) is 57.3 Å². The van der Waals surface area contributed by atoms with Crippen LogP contribution in [0.3, 0.4) is 0 Å². The molecule has 0 heterocycles. The summed E-state index contributed by atoms with van der Waals surface area (Å²) in [5, 5.41) is 44.2. The molecule has 5 N–H and O–H groups in total. The molecule has 464 valence electrons. The molecule has 0 aromatic carbocycles. The lowest BCUT2D eigenvalue weighted by Gasteiger charge is -2.27. The number of rotatable bonds is 67. The van der Waals surface area contributed by atoms with Crippen molar-refractivity contribution in [2.75, 3.05) is 6.61 Å². The minimum Gasteiger partial charge on any atom is -0.394 e. The zero-order valence-corrected chi connectivity index (χ0v) is 52.9. The third kappa shape index (κ3) is 59.4. The normalized spacial score (nSPS) is 13.6. The first-order chi connectivity index (χ1) is 38.5. The van der Waals surface area contributed by atoms with Crippen LogP contribution < -0.4 is 5.32 Å². The number of carbonyl (C=O) groups excluding carboxylic acids is 1. The molecule has 0 aromatic heterocycles. The standard InChI is InChI=1S/C72H141NO5/c1-3-5-7-9-11-13-15-17-19-21-23-25-27-29-31-33-34-35-36-37-38-40-42-44-46-48-50-52-54-56-58-60-62-64-66-70(76)72(78)73-68(67-74)71(77)69(75)65-63-61-59-57-55-53-51-49-47-45-43-41-39-32-30-28-26-24-22-20-18-16-14-12-10-8-6-4-2/h49,51,57,59,68-71,74-77H,3-48,50,52-56,58,60-67H2,1-2H3,(H,73,78)/b51-49+,59-57+. The summed E-state index contributed by atoms with van der Waals surface area (Å²) < 4.78 is 0. The van der Waals surface area contributed by atoms with E-state index < -0.39 is 36.9 Å². The molecule has 0 rings (SSSR count). The van der Waals surface area contributed by atoms with Gasteiger partial charge in [0.1, 0.15) is 12.2 Å². The number of aliphatic hydroxyl groups is 4. The van der Waals surface area contributed by atoms with Gasteiger partial charge in [-0.25, -0.2) is 0 Å². The van der Waals surface area contributed by atoms with Gasteiger partial charge in [0.2, 0.25) is 5.91 Å². The van der Waals surface area contributed by atoms with Gasteiger partial charge < -0.3 is 25.7 Å². The first-order valence-electron chi connectivity index (χ1n) is 35.7. The quantitative estimate of drug-likeness (QED) is 0.0308. The van der Waals surface area contributed by atoms with E-state index in [9.17, 15) is 25.2 Å². The van der Waals surface area contributed by atoms with E-state index in [0.29, 0.717) is 19.3 Å². The zero-order chi connectivity index (χ0) is 56.6. The molecule has 6 nitrogen and oxygen atoms in total. The van der Waals surface area contributed by atoms with E-state index >= 15 is 0 Å². The molecule has 4 atom stereocenters. The molecule has 0 aliphatic rings. The van der Waals surface area contributed by atoms with E-state index in [2.05, 4.69) is 43.5 Å². The molecule has 0 aliphatic carbocycles. The number of nitrogens with one attached hydrogen (secondary N) is 1. The van der Waals surface area contributed by atoms with Crippen LogP contribution in [0.1, 0.15) is 399 Å². The van der Waals surface area contributed by atoms with E-state index in [-0.39, 0.29) is 0 Å². The van der Waals surface area contributed by atoms with Gasteiger partial charge >= 0.3 is 0 Å². The summed E-state index contributed by atoms with van der Waals surface area (Å²) in [5.41, 5.74) is 0. The second-order valence-electron chi connectivity index (χ2n) is 24.9. The van der Waals surface area contributed by atoms with Crippen molar-refractivity contribution in [2.24, 2.45) is 0 Å². The molecule has 4 unspecified atom stereocenters. The maximum Gasteiger partial charge on any atom is 0.249 e. The van der Waals surface area contributed by atoms with Gasteiger partial charge in [-0.15, -0.1) is 0 Å². The van der Waals surface area contributed by atoms with Crippen molar-refractivity contribution in [3.63, 3.8) is 0 Å². The maximum atomic E-state index is 12.7. The fourth-order valence-corrected chi connectivity index (χ4v) is 11.6. The summed E-state index contributed by atoms with van der Waals surface area (Å²) in [6, 6.07) is -1.01. The van der Waals surface area contributed by atoms with Crippen LogP contribution in [0.4, 0.5) is 0 Å². The van der Waals surface area contributed by atoms with E-state index in [4.69, 9.17) is 0 Å². The van der Waals surface area contributed by atoms with Crippen molar-refractivity contribution >= 4 is 5.91 Å². The Balaban J connectivity index is 3.55. The summed E-state index contributed by atoms with van der Waals surface area (Å²) >= 11 is 0. The lowest BCUT2D eigenvalue weighted by Crippen LogP contribution is -2.53. The maximum absolute atomic E-state index is 12.7. The van der Waals surface area contributed by atoms with Gasteiger partial charge in [0.15, 0.2) is 0 Å². The van der Waals surface area contributed by atoms with E-state index in [0.717, 1.165) is 38.5 Å². The number of hydrogen-bond acceptors (Lipinski definition) is 5. The predicted molar refractivity (Wildman–Crippen MR) is 344 cm³/mol. The first kappa shape index (κ1) is 76.8. The molecule has 0 aliphatic heterocycles. The Labute approximate surface area is 488 Å². The molecule has 1 amide bonds. The number of unbranched alkanes of at least 4 members (excludes halogenated alkanes) is 54. The number of aliphatic hydroxyl groups excluding tert-OH is 4. The summed E-state index contributed by atoms with van der Waals surface area (Å²) in [6.07, 6.45) is 84.6. The molecule has 0 saturated carbocycles. The lowest BCUT2D eigenvalue weighted by atomic mass is 10.00. The van der Waals surface area contributed by atoms with Crippen molar-refractivity contribution in [1.29, 1.82) is 0 Å². The van der Waals surface area contributed by atoms with Crippen LogP contribution in [0.15, 0.2) is 24.3 Å². The Morgan fingerprint density at radius 3 is 0.808 bits per heavy atom. The Bertz CT molecular complexity index is 1190. The summed E-state index contributed by atoms with van der Waals surface area (Å²) in [5.74, 6) is -0.589. The highest BCUT2D eigenvalue weighted by molar-refractivity contribution is 5.80. The largest absolute Gasteiger partial charge is 0.394 e. The molecule has 0 fully saturated rings. The highest BCUT2D eigenvalue weighted by atomic mass is 16.3. The lowest BCUT2D eigenvalue weighted by molar-refractivity contribution is -0.132. The number of amides is 1. The van der Waals surface area contributed by atoms with Crippen molar-refractivity contribution in [3.05, 3.63) is 24.3 Å². The Kier molecular flexibility index (Phi) is 65.6. The van der Waals surface area contributed by atoms with Crippen LogP contribution in [0, 0.1) is 0 Å². The molecule has 0 bridgehead atoms. The Morgan fingerprint density at radius 2 is 0.538 bits per heavy atom. The number of allylic oxidation sites excluding steroid dienone is 4. The second kappa shape index (κ2) is 66.6. The Morgan fingerprint density at radius 1 is 0.308 bits per heavy atom. The SMILES string of the molecule is CCCCCCCCCCCCCCCCCCCCC/C=C/CC/C=C/CCCC(O)C(O)C(CO)NC(=O)C(O)CCCCCCCCCCCCCCCCCCCCCCCCCCCCCCCCCCCC. The fraction of sp³-hybridized carbons (Fsp3) is 0.931. The van der Waals surface area contributed by atoms with Crippen molar-refractivity contribution in [1.82, 2.24) is 5.32 Å². The van der Waals surface area contributed by atoms with Crippen LogP contribution >= 0.6 is 0 Å². The van der Waals surface area contributed by atoms with Crippen LogP contribution in [0.2, 0.25) is 0 Å². The summed E-state index contributed by atoms with van der Waals surface area (Å²) in [4.78, 5) is 12.7. The van der Waals surface area contributed by atoms with Gasteiger partial charge in [-0.3, -0.25) is 4.79 Å². The average molecular weight is 1100 g/mol. The summed E-state index contributed by atoms with van der Waals surface area (Å²) in [6.45, 7) is 4.10. The Hall–Kier alpha value is -1.21. The van der Waals surface area contributed by atoms with Gasteiger partial charge in [0.25, 0.3) is 0 Å². The monoisotopic (exact) mass is 1100 g/mol. The molecule has 0 saturated heterocycles. The highest BCUT2D eigenvalue weighted by Crippen LogP contribution is 2.20. The van der Waals surface area contributed by atoms with Crippen LogP contribution in [-0.2, 0) is 4.79 Å². The van der Waals surface area contributed by atoms with Crippen molar-refractivity contribution in [2.45, 2.75) is 423 Å². The number of carbonyl (C=O) groups is 1. The van der Waals surface area contributed by atoms with E-state index in [1.165, 1.54) is 327 Å². The zero-order valence-electron chi connectivity index (χ0n) is 52.9. The van der Waals surface area contributed by atoms with Crippen molar-refractivity contribution < 1.29 is 25.2 Å². The molecular weight excluding hydrogens is 959 g/mol. The third-order valence-corrected chi connectivity index (χ3v) is 17.1. The van der Waals surface area contributed by atoms with Gasteiger partial charge in [-0.2, -0.15) is 0 Å². The highest BCUT2D eigenvalue weighted by Gasteiger charge is 2.28. The molecule has 0 spiro atoms. The van der Waals surface area contributed by atoms with E-state index in [1.54, 1.807) is 0 Å². The minimum absolute atomic E-state index is 0.365. The van der Waals surface area contributed by atoms with Crippen LogP contribution in [0.25, 0.3) is 0 Å². The van der Waals surface area contributed by atoms with Gasteiger partial charge in [0.05, 0.1) is 18.8 Å². The van der Waals surface area contributed by atoms with Gasteiger partial charge in [-0.1, -0.05) is 372 Å². The molecular formula is C72H141NO5. The minimum atomic E-state index is -1.29. The van der Waals surface area contributed by atoms with E-state index in [1.807, 2.05) is 0 Å². The molecule has 0 radical (unpaired) electrons. The smallest absolute Gasteiger partial charge is 0.249 e. The fourth-order valence-electron chi connectivity index (χ4n) is 11.6. The third-order valence-electron chi connectivity index (χ3n) is 17.1. The molecule has 0 aromatic rings. The van der Waals surface area contributed by atoms with Crippen molar-refractivity contribution in [3.8, 4) is 0 Å². The summed E-state index contributed by atoms with van der Waals surface area (Å²) in [7, 11) is 0. The first-order valence-corrected chi connectivity index (χ1v) is 35.7. The molecule has 78 heavy (non-hydrogen) atoms. The topological polar surface area (TPSA) is 110 Å². The predicted octanol–water partition coefficient (Wildman–Crippen LogP) is 22.1. The average Bonchev–Trinajstić information content (AvgIpc) is 3.45.